The van der Waals surface area contributed by atoms with Crippen LogP contribution in [0.1, 0.15) is 24.8 Å². The van der Waals surface area contributed by atoms with Crippen LogP contribution < -0.4 is 9.47 Å². The molecule has 3 aliphatic rings. The minimum absolute atomic E-state index is 0.224. The van der Waals surface area contributed by atoms with Crippen LogP contribution in [0.25, 0.3) is 0 Å². The Labute approximate surface area is 182 Å². The Balaban J connectivity index is 1.09. The van der Waals surface area contributed by atoms with Gasteiger partial charge < -0.3 is 14.4 Å². The van der Waals surface area contributed by atoms with Gasteiger partial charge in [-0.05, 0) is 30.5 Å². The first kappa shape index (κ1) is 20.3. The molecular weight excluding hydrogens is 396 g/mol. The molecule has 0 saturated carbocycles. The molecule has 2 saturated heterocycles. The molecule has 1 aromatic carbocycles. The van der Waals surface area contributed by atoms with Crippen LogP contribution in [-0.4, -0.2) is 87.5 Å². The highest BCUT2D eigenvalue weighted by molar-refractivity contribution is 5.76. The molecule has 5 rings (SSSR count). The van der Waals surface area contributed by atoms with Crippen LogP contribution in [0, 0.1) is 0 Å². The number of hydrogen-bond donors (Lipinski definition) is 0. The number of amides is 1. The summed E-state index contributed by atoms with van der Waals surface area (Å²) < 4.78 is 12.6. The summed E-state index contributed by atoms with van der Waals surface area (Å²) in [7, 11) is 0. The molecule has 1 amide bonds. The number of carbonyl (C=O) groups excluding carboxylic acids is 1. The molecule has 0 spiro atoms. The van der Waals surface area contributed by atoms with Gasteiger partial charge in [-0.25, -0.2) is 4.98 Å². The largest absolute Gasteiger partial charge is 0.454 e. The summed E-state index contributed by atoms with van der Waals surface area (Å²) in [6.45, 7) is 7.76. The molecule has 2 fully saturated rings. The molecule has 4 heterocycles. The van der Waals surface area contributed by atoms with E-state index in [9.17, 15) is 4.79 Å². The molecule has 2 aromatic rings. The number of nitrogens with zero attached hydrogens (tertiary/aromatic N) is 6. The molecule has 0 radical (unpaired) electrons. The van der Waals surface area contributed by atoms with Gasteiger partial charge in [0.1, 0.15) is 12.7 Å². The molecule has 9 nitrogen and oxygen atoms in total. The Morgan fingerprint density at radius 1 is 1.10 bits per heavy atom. The zero-order valence-electron chi connectivity index (χ0n) is 17.9. The van der Waals surface area contributed by atoms with Gasteiger partial charge in [-0.2, -0.15) is 5.10 Å². The van der Waals surface area contributed by atoms with Crippen molar-refractivity contribution >= 4 is 5.91 Å². The standard InChI is InChI=1S/C22H30N6O3/c29-22(5-7-28-16-23-15-24-28)27-6-1-2-19(14-27)26-10-8-25(9-11-26)13-18-3-4-20-21(12-18)31-17-30-20/h3-4,12,15-16,19H,1-2,5-11,13-14,17H2. The van der Waals surface area contributed by atoms with Gasteiger partial charge in [-0.1, -0.05) is 6.07 Å². The highest BCUT2D eigenvalue weighted by atomic mass is 16.7. The second kappa shape index (κ2) is 9.23. The third-order valence-electron chi connectivity index (χ3n) is 6.54. The predicted octanol–water partition coefficient (Wildman–Crippen LogP) is 1.21. The summed E-state index contributed by atoms with van der Waals surface area (Å²) in [5.41, 5.74) is 1.26. The minimum atomic E-state index is 0.224. The van der Waals surface area contributed by atoms with E-state index < -0.39 is 0 Å². The summed E-state index contributed by atoms with van der Waals surface area (Å²) in [5, 5.41) is 4.08. The molecule has 1 unspecified atom stereocenters. The van der Waals surface area contributed by atoms with Crippen molar-refractivity contribution < 1.29 is 14.3 Å². The van der Waals surface area contributed by atoms with Crippen LogP contribution >= 0.6 is 0 Å². The van der Waals surface area contributed by atoms with Gasteiger partial charge in [0.05, 0.1) is 6.54 Å². The van der Waals surface area contributed by atoms with E-state index in [1.54, 1.807) is 11.0 Å². The van der Waals surface area contributed by atoms with Crippen LogP contribution in [0.2, 0.25) is 0 Å². The number of carbonyl (C=O) groups is 1. The van der Waals surface area contributed by atoms with Crippen LogP contribution in [0.5, 0.6) is 11.5 Å². The van der Waals surface area contributed by atoms with E-state index in [1.807, 2.05) is 11.0 Å². The van der Waals surface area contributed by atoms with Gasteiger partial charge in [-0.15, -0.1) is 0 Å². The monoisotopic (exact) mass is 426 g/mol. The molecule has 0 bridgehead atoms. The SMILES string of the molecule is O=C(CCn1cncn1)N1CCCC(N2CCN(Cc3ccc4c(c3)OCO4)CC2)C1. The van der Waals surface area contributed by atoms with E-state index in [1.165, 1.54) is 18.3 Å². The molecule has 0 N–H and O–H groups in total. The maximum atomic E-state index is 12.7. The first-order chi connectivity index (χ1) is 15.2. The fourth-order valence-electron chi connectivity index (χ4n) is 4.78. The van der Waals surface area contributed by atoms with Crippen molar-refractivity contribution in [2.75, 3.05) is 46.1 Å². The lowest BCUT2D eigenvalue weighted by molar-refractivity contribution is -0.133. The van der Waals surface area contributed by atoms with Crippen molar-refractivity contribution in [3.63, 3.8) is 0 Å². The number of benzene rings is 1. The number of aryl methyl sites for hydroxylation is 1. The van der Waals surface area contributed by atoms with Gasteiger partial charge in [0.2, 0.25) is 12.7 Å². The van der Waals surface area contributed by atoms with Crippen LogP contribution in [-0.2, 0) is 17.9 Å². The Bertz CT molecular complexity index is 881. The van der Waals surface area contributed by atoms with Gasteiger partial charge in [0, 0.05) is 58.3 Å². The number of aromatic nitrogens is 3. The number of piperidine rings is 1. The van der Waals surface area contributed by atoms with E-state index in [4.69, 9.17) is 9.47 Å². The van der Waals surface area contributed by atoms with E-state index in [2.05, 4.69) is 32.0 Å². The minimum Gasteiger partial charge on any atom is -0.454 e. The van der Waals surface area contributed by atoms with Gasteiger partial charge >= 0.3 is 0 Å². The number of rotatable bonds is 6. The molecular formula is C22H30N6O3. The first-order valence-electron chi connectivity index (χ1n) is 11.2. The van der Waals surface area contributed by atoms with Gasteiger partial charge in [-0.3, -0.25) is 19.3 Å². The summed E-state index contributed by atoms with van der Waals surface area (Å²) in [6.07, 6.45) is 5.91. The van der Waals surface area contributed by atoms with Crippen LogP contribution in [0.4, 0.5) is 0 Å². The fraction of sp³-hybridized carbons (Fsp3) is 0.591. The zero-order valence-corrected chi connectivity index (χ0v) is 17.9. The summed E-state index contributed by atoms with van der Waals surface area (Å²) in [6, 6.07) is 6.70. The number of ether oxygens (including phenoxy) is 2. The molecule has 1 atom stereocenters. The van der Waals surface area contributed by atoms with Crippen molar-refractivity contribution in [1.82, 2.24) is 29.5 Å². The quantitative estimate of drug-likeness (QED) is 0.687. The normalized spacial score (nSPS) is 22.1. The molecule has 166 valence electrons. The number of fused-ring (bicyclic) bond motifs is 1. The second-order valence-electron chi connectivity index (χ2n) is 8.54. The van der Waals surface area contributed by atoms with E-state index >= 15 is 0 Å². The lowest BCUT2D eigenvalue weighted by Gasteiger charge is -2.43. The van der Waals surface area contributed by atoms with Crippen molar-refractivity contribution in [2.45, 2.75) is 38.4 Å². The second-order valence-corrected chi connectivity index (χ2v) is 8.54. The lowest BCUT2D eigenvalue weighted by atomic mass is 10.0. The van der Waals surface area contributed by atoms with Gasteiger partial charge in [0.25, 0.3) is 0 Å². The van der Waals surface area contributed by atoms with E-state index in [0.717, 1.165) is 63.7 Å². The Kier molecular flexibility index (Phi) is 6.04. The topological polar surface area (TPSA) is 76.0 Å². The summed E-state index contributed by atoms with van der Waals surface area (Å²) >= 11 is 0. The maximum Gasteiger partial charge on any atom is 0.231 e. The highest BCUT2D eigenvalue weighted by Crippen LogP contribution is 2.33. The Morgan fingerprint density at radius 2 is 1.97 bits per heavy atom. The van der Waals surface area contributed by atoms with Crippen LogP contribution in [0.15, 0.2) is 30.9 Å². The third-order valence-corrected chi connectivity index (χ3v) is 6.54. The summed E-state index contributed by atoms with van der Waals surface area (Å²) in [4.78, 5) is 23.7. The number of piperazine rings is 1. The first-order valence-corrected chi connectivity index (χ1v) is 11.2. The fourth-order valence-corrected chi connectivity index (χ4v) is 4.78. The summed E-state index contributed by atoms with van der Waals surface area (Å²) in [5.74, 6) is 1.92. The molecule has 1 aromatic heterocycles. The smallest absolute Gasteiger partial charge is 0.231 e. The lowest BCUT2D eigenvalue weighted by Crippen LogP contribution is -2.55. The average Bonchev–Trinajstić information content (AvgIpc) is 3.50. The zero-order chi connectivity index (χ0) is 21.0. The maximum absolute atomic E-state index is 12.7. The molecule has 31 heavy (non-hydrogen) atoms. The van der Waals surface area contributed by atoms with Crippen LogP contribution in [0.3, 0.4) is 0 Å². The van der Waals surface area contributed by atoms with Crippen molar-refractivity contribution in [2.24, 2.45) is 0 Å². The number of likely N-dealkylation sites (tertiary alicyclic amines) is 1. The molecule has 3 aliphatic heterocycles. The van der Waals surface area contributed by atoms with Crippen molar-refractivity contribution in [1.29, 1.82) is 0 Å². The Hall–Kier alpha value is -2.65. The van der Waals surface area contributed by atoms with E-state index in [0.29, 0.717) is 25.8 Å². The molecule has 9 heteroatoms. The molecule has 0 aliphatic carbocycles. The van der Waals surface area contributed by atoms with E-state index in [-0.39, 0.29) is 5.91 Å². The predicted molar refractivity (Wildman–Crippen MR) is 114 cm³/mol. The average molecular weight is 427 g/mol. The van der Waals surface area contributed by atoms with Crippen molar-refractivity contribution in [3.8, 4) is 11.5 Å². The highest BCUT2D eigenvalue weighted by Gasteiger charge is 2.30. The van der Waals surface area contributed by atoms with Gasteiger partial charge in [0.15, 0.2) is 11.5 Å². The third kappa shape index (κ3) is 4.83. The number of hydrogen-bond acceptors (Lipinski definition) is 7. The van der Waals surface area contributed by atoms with Crippen molar-refractivity contribution in [3.05, 3.63) is 36.4 Å². The Morgan fingerprint density at radius 3 is 2.81 bits per heavy atom.